The first-order chi connectivity index (χ1) is 17.8. The summed E-state index contributed by atoms with van der Waals surface area (Å²) in [5, 5.41) is 6.14. The Labute approximate surface area is 241 Å². The molecule has 0 N–H and O–H groups in total. The molecule has 2 aromatic heterocycles. The molecule has 4 rings (SSSR count). The number of rotatable bonds is 11. The van der Waals surface area contributed by atoms with Crippen LogP contribution in [0.5, 0.6) is 0 Å². The Morgan fingerprint density at radius 3 is 2.24 bits per heavy atom. The minimum atomic E-state index is -1.27. The molecule has 0 aliphatic carbocycles. The summed E-state index contributed by atoms with van der Waals surface area (Å²) in [5.41, 5.74) is 2.47. The maximum atomic E-state index is 14.0. The van der Waals surface area contributed by atoms with E-state index in [-0.39, 0.29) is 15.1 Å². The van der Waals surface area contributed by atoms with E-state index in [9.17, 15) is 4.39 Å². The topological polar surface area (TPSA) is 49.2 Å². The summed E-state index contributed by atoms with van der Waals surface area (Å²) < 4.78 is 28.9. The number of ether oxygens (including phenoxy) is 2. The fourth-order valence-electron chi connectivity index (χ4n) is 4.35. The first-order valence-corrected chi connectivity index (χ1v) is 21.9. The SMILES string of the molecule is C[Si](C)(C)CCOC[N+]1(COCC[Si](C)(C)C)C(Cl)=CC([As])n2ncc(-c3cnc4ccc(F)cc4c3)c21. The van der Waals surface area contributed by atoms with Crippen molar-refractivity contribution in [3.63, 3.8) is 0 Å². The zero-order valence-electron chi connectivity index (χ0n) is 23.2. The number of nitrogens with zero attached hydrogens (tertiary/aromatic N) is 4. The van der Waals surface area contributed by atoms with Gasteiger partial charge in [-0.1, -0.05) is 0 Å². The van der Waals surface area contributed by atoms with Gasteiger partial charge in [-0.3, -0.25) is 0 Å². The van der Waals surface area contributed by atoms with E-state index >= 15 is 0 Å². The number of pyridine rings is 1. The molecule has 1 aliphatic rings. The monoisotopic (exact) mass is 635 g/mol. The summed E-state index contributed by atoms with van der Waals surface area (Å²) >= 11 is 9.73. The van der Waals surface area contributed by atoms with Crippen molar-refractivity contribution in [3.8, 4) is 11.1 Å². The van der Waals surface area contributed by atoms with Gasteiger partial charge in [0.05, 0.1) is 0 Å². The fourth-order valence-corrected chi connectivity index (χ4v) is 7.00. The van der Waals surface area contributed by atoms with Gasteiger partial charge in [0.15, 0.2) is 0 Å². The maximum absolute atomic E-state index is 14.0. The van der Waals surface area contributed by atoms with Crippen LogP contribution in [0.2, 0.25) is 51.4 Å². The van der Waals surface area contributed by atoms with Crippen LogP contribution in [0.1, 0.15) is 4.83 Å². The van der Waals surface area contributed by atoms with Crippen LogP contribution in [-0.4, -0.2) is 74.4 Å². The molecule has 1 aliphatic heterocycles. The van der Waals surface area contributed by atoms with E-state index in [0.717, 1.165) is 39.9 Å². The van der Waals surface area contributed by atoms with Gasteiger partial charge in [-0.15, -0.1) is 0 Å². The van der Waals surface area contributed by atoms with E-state index in [1.807, 2.05) is 29.2 Å². The first kappa shape index (κ1) is 29.6. The second kappa shape index (κ2) is 11.6. The van der Waals surface area contributed by atoms with Crippen molar-refractivity contribution in [2.24, 2.45) is 0 Å². The van der Waals surface area contributed by atoms with Crippen LogP contribution >= 0.6 is 11.6 Å². The molecule has 6 nitrogen and oxygen atoms in total. The van der Waals surface area contributed by atoms with Gasteiger partial charge >= 0.3 is 242 Å². The van der Waals surface area contributed by atoms with Crippen LogP contribution < -0.4 is 4.48 Å². The number of benzene rings is 1. The van der Waals surface area contributed by atoms with Crippen LogP contribution in [0, 0.1) is 5.82 Å². The molecule has 0 saturated heterocycles. The number of hydrogen-bond donors (Lipinski definition) is 0. The molecule has 3 heterocycles. The third kappa shape index (κ3) is 6.87. The molecule has 204 valence electrons. The van der Waals surface area contributed by atoms with E-state index in [1.165, 1.54) is 12.1 Å². The first-order valence-electron chi connectivity index (χ1n) is 13.0. The summed E-state index contributed by atoms with van der Waals surface area (Å²) in [6.45, 7) is 16.1. The number of hydrogen-bond acceptors (Lipinski definition) is 4. The average Bonchev–Trinajstić information content (AvgIpc) is 3.27. The third-order valence-corrected chi connectivity index (χ3v) is 11.3. The Morgan fingerprint density at radius 2 is 1.63 bits per heavy atom. The van der Waals surface area contributed by atoms with Crippen molar-refractivity contribution in [2.75, 3.05) is 26.7 Å². The summed E-state index contributed by atoms with van der Waals surface area (Å²) in [5.74, 6) is 0.601. The van der Waals surface area contributed by atoms with Gasteiger partial charge in [-0.25, -0.2) is 0 Å². The molecule has 11 heteroatoms. The van der Waals surface area contributed by atoms with Crippen LogP contribution in [0.15, 0.2) is 47.9 Å². The molecule has 1 aromatic carbocycles. The van der Waals surface area contributed by atoms with Crippen molar-refractivity contribution >= 4 is 61.3 Å². The fraction of sp³-hybridized carbons (Fsp3) is 0.481. The van der Waals surface area contributed by atoms with Gasteiger partial charge in [-0.2, -0.15) is 0 Å². The molecule has 0 bridgehead atoms. The molecule has 38 heavy (non-hydrogen) atoms. The molecule has 0 saturated carbocycles. The summed E-state index contributed by atoms with van der Waals surface area (Å²) in [6, 6.07) is 8.71. The normalized spacial score (nSPS) is 17.5. The van der Waals surface area contributed by atoms with Crippen molar-refractivity contribution in [2.45, 2.75) is 56.2 Å². The number of halogens is 2. The average molecular weight is 636 g/mol. The van der Waals surface area contributed by atoms with Crippen LogP contribution in [0.4, 0.5) is 10.2 Å². The minimum absolute atomic E-state index is 0.0974. The van der Waals surface area contributed by atoms with Crippen molar-refractivity contribution in [1.82, 2.24) is 19.2 Å². The van der Waals surface area contributed by atoms with Gasteiger partial charge < -0.3 is 0 Å². The van der Waals surface area contributed by atoms with Gasteiger partial charge in [0.1, 0.15) is 0 Å². The van der Waals surface area contributed by atoms with Gasteiger partial charge in [0, 0.05) is 0 Å². The van der Waals surface area contributed by atoms with E-state index in [1.54, 1.807) is 6.07 Å². The second-order valence-electron chi connectivity index (χ2n) is 12.5. The predicted molar refractivity (Wildman–Crippen MR) is 161 cm³/mol. The molecule has 1 unspecified atom stereocenters. The van der Waals surface area contributed by atoms with Crippen LogP contribution in [0.25, 0.3) is 22.0 Å². The van der Waals surface area contributed by atoms with Crippen molar-refractivity contribution in [1.29, 1.82) is 0 Å². The molecule has 3 aromatic rings. The Kier molecular flexibility index (Phi) is 9.09. The number of aromatic nitrogens is 3. The second-order valence-corrected chi connectivity index (χ2v) is 25.2. The molecular formula is C27H38AsClFN4O2Si2+. The van der Waals surface area contributed by atoms with E-state index in [2.05, 4.69) is 61.1 Å². The Balaban J connectivity index is 1.76. The summed E-state index contributed by atoms with van der Waals surface area (Å²) in [7, 11) is -2.53. The summed E-state index contributed by atoms with van der Waals surface area (Å²) in [4.78, 5) is 4.51. The summed E-state index contributed by atoms with van der Waals surface area (Å²) in [6.07, 6.45) is 5.66. The van der Waals surface area contributed by atoms with Gasteiger partial charge in [-0.05, 0) is 0 Å². The Bertz CT molecular complexity index is 1300. The molecular weight excluding hydrogens is 598 g/mol. The molecule has 2 radical (unpaired) electrons. The molecule has 0 amide bonds. The molecule has 1 atom stereocenters. The van der Waals surface area contributed by atoms with Crippen molar-refractivity contribution < 1.29 is 13.9 Å². The van der Waals surface area contributed by atoms with Crippen LogP contribution in [-0.2, 0) is 9.47 Å². The zero-order valence-corrected chi connectivity index (χ0v) is 27.8. The Hall–Kier alpha value is -1.33. The number of allylic oxidation sites excluding steroid dienone is 1. The third-order valence-electron chi connectivity index (χ3n) is 6.69. The van der Waals surface area contributed by atoms with E-state index in [0.29, 0.717) is 31.8 Å². The van der Waals surface area contributed by atoms with E-state index in [4.69, 9.17) is 26.2 Å². The molecule has 0 spiro atoms. The predicted octanol–water partition coefficient (Wildman–Crippen LogP) is 6.93. The quantitative estimate of drug-likeness (QED) is 0.0993. The van der Waals surface area contributed by atoms with Gasteiger partial charge in [0.2, 0.25) is 0 Å². The number of fused-ring (bicyclic) bond motifs is 2. The number of quaternary nitrogens is 1. The van der Waals surface area contributed by atoms with Crippen molar-refractivity contribution in [3.05, 3.63) is 53.7 Å². The standard InChI is InChI=1S/C27H38AsClFN4O2Si2/c1-37(2,3)11-9-35-18-34(19-36-10-12-38(4,5)6)26(29)15-25(28)33-27(34)23(17-32-33)21-13-20-14-22(30)7-8-24(20)31-16-21/h7-8,13-17,25H,9-12,18-19H2,1-6H3/q+1. The van der Waals surface area contributed by atoms with Crippen LogP contribution in [0.3, 0.4) is 0 Å². The van der Waals surface area contributed by atoms with E-state index < -0.39 is 16.1 Å². The zero-order chi connectivity index (χ0) is 27.7. The molecule has 0 fully saturated rings. The van der Waals surface area contributed by atoms with Gasteiger partial charge in [0.25, 0.3) is 0 Å². The Morgan fingerprint density at radius 1 is 1.00 bits per heavy atom.